The van der Waals surface area contributed by atoms with Gasteiger partial charge < -0.3 is 4.42 Å². The number of hydrazone groups is 1. The number of halogens is 1. The van der Waals surface area contributed by atoms with Crippen molar-refractivity contribution >= 4 is 28.1 Å². The molecule has 1 amide bonds. The maximum absolute atomic E-state index is 11.5. The van der Waals surface area contributed by atoms with Crippen molar-refractivity contribution in [2.24, 2.45) is 5.10 Å². The summed E-state index contributed by atoms with van der Waals surface area (Å²) in [5.74, 6) is -0.0829. The third-order valence-electron chi connectivity index (χ3n) is 2.24. The minimum atomic E-state index is -0.333. The quantitative estimate of drug-likeness (QED) is 0.474. The molecule has 1 heterocycles. The molecule has 94 valence electrons. The van der Waals surface area contributed by atoms with E-state index in [9.17, 15) is 4.79 Å². The SMILES string of the molecule is CCCCCCC=NNC(=O)c1ccc(Br)o1. The van der Waals surface area contributed by atoms with Gasteiger partial charge in [-0.05, 0) is 40.9 Å². The normalized spacial score (nSPS) is 10.9. The molecule has 17 heavy (non-hydrogen) atoms. The van der Waals surface area contributed by atoms with Gasteiger partial charge in [0.1, 0.15) is 0 Å². The van der Waals surface area contributed by atoms with Crippen LogP contribution in [0, 0.1) is 0 Å². The third kappa shape index (κ3) is 5.68. The van der Waals surface area contributed by atoms with Crippen LogP contribution in [0.5, 0.6) is 0 Å². The molecular formula is C12H17BrN2O2. The zero-order chi connectivity index (χ0) is 12.5. The maximum atomic E-state index is 11.5. The highest BCUT2D eigenvalue weighted by molar-refractivity contribution is 9.10. The second-order valence-corrected chi connectivity index (χ2v) is 4.49. The van der Waals surface area contributed by atoms with Gasteiger partial charge in [-0.1, -0.05) is 26.2 Å². The summed E-state index contributed by atoms with van der Waals surface area (Å²) in [4.78, 5) is 11.5. The average Bonchev–Trinajstić information content (AvgIpc) is 2.74. The number of nitrogens with one attached hydrogen (secondary N) is 1. The van der Waals surface area contributed by atoms with E-state index in [2.05, 4.69) is 33.4 Å². The summed E-state index contributed by atoms with van der Waals surface area (Å²) in [5, 5.41) is 3.85. The Hall–Kier alpha value is -1.10. The number of carbonyl (C=O) groups excluding carboxylic acids is 1. The monoisotopic (exact) mass is 300 g/mol. The second kappa shape index (κ2) is 8.06. The first-order valence-electron chi connectivity index (χ1n) is 5.81. The van der Waals surface area contributed by atoms with Crippen molar-refractivity contribution in [3.05, 3.63) is 22.6 Å². The maximum Gasteiger partial charge on any atom is 0.307 e. The number of carbonyl (C=O) groups is 1. The predicted octanol–water partition coefficient (Wildman–Crippen LogP) is 3.73. The molecule has 0 saturated heterocycles. The Balaban J connectivity index is 2.17. The molecule has 0 aliphatic carbocycles. The zero-order valence-electron chi connectivity index (χ0n) is 9.91. The number of hydrogen-bond acceptors (Lipinski definition) is 3. The molecule has 0 aliphatic heterocycles. The van der Waals surface area contributed by atoms with E-state index in [1.807, 2.05) is 0 Å². The molecule has 0 bridgehead atoms. The lowest BCUT2D eigenvalue weighted by molar-refractivity contribution is 0.0926. The number of nitrogens with zero attached hydrogens (tertiary/aromatic N) is 1. The second-order valence-electron chi connectivity index (χ2n) is 3.71. The van der Waals surface area contributed by atoms with Crippen molar-refractivity contribution in [2.45, 2.75) is 39.0 Å². The molecule has 1 N–H and O–H groups in total. The number of furan rings is 1. The summed E-state index contributed by atoms with van der Waals surface area (Å²) in [7, 11) is 0. The van der Waals surface area contributed by atoms with Crippen LogP contribution in [0.15, 0.2) is 26.3 Å². The highest BCUT2D eigenvalue weighted by Crippen LogP contribution is 2.13. The fraction of sp³-hybridized carbons (Fsp3) is 0.500. The van der Waals surface area contributed by atoms with Crippen LogP contribution in [0.4, 0.5) is 0 Å². The number of hydrogen-bond donors (Lipinski definition) is 1. The molecule has 0 aromatic carbocycles. The molecule has 5 heteroatoms. The Morgan fingerprint density at radius 2 is 2.29 bits per heavy atom. The van der Waals surface area contributed by atoms with E-state index in [0.717, 1.165) is 12.8 Å². The Kier molecular flexibility index (Phi) is 6.62. The molecule has 0 aliphatic rings. The van der Waals surface area contributed by atoms with E-state index in [1.165, 1.54) is 19.3 Å². The Labute approximate surface area is 110 Å². The molecule has 1 aromatic rings. The lowest BCUT2D eigenvalue weighted by atomic mass is 10.2. The molecule has 1 rings (SSSR count). The van der Waals surface area contributed by atoms with Crippen molar-refractivity contribution in [2.75, 3.05) is 0 Å². The van der Waals surface area contributed by atoms with Gasteiger partial charge in [-0.25, -0.2) is 5.43 Å². The van der Waals surface area contributed by atoms with Gasteiger partial charge in [-0.2, -0.15) is 5.10 Å². The number of rotatable bonds is 7. The summed E-state index contributed by atoms with van der Waals surface area (Å²) in [6.07, 6.45) is 7.41. The summed E-state index contributed by atoms with van der Waals surface area (Å²) >= 11 is 3.13. The van der Waals surface area contributed by atoms with Gasteiger partial charge in [-0.3, -0.25) is 4.79 Å². The molecule has 1 aromatic heterocycles. The van der Waals surface area contributed by atoms with Gasteiger partial charge >= 0.3 is 5.91 Å². The van der Waals surface area contributed by atoms with Crippen LogP contribution in [0.1, 0.15) is 49.6 Å². The first-order chi connectivity index (χ1) is 8.24. The fourth-order valence-corrected chi connectivity index (χ4v) is 1.63. The fourth-order valence-electron chi connectivity index (χ4n) is 1.32. The predicted molar refractivity (Wildman–Crippen MR) is 71.1 cm³/mol. The average molecular weight is 301 g/mol. The van der Waals surface area contributed by atoms with E-state index in [0.29, 0.717) is 4.67 Å². The van der Waals surface area contributed by atoms with Crippen LogP contribution in [-0.2, 0) is 0 Å². The van der Waals surface area contributed by atoms with Crippen molar-refractivity contribution in [1.82, 2.24) is 5.43 Å². The molecule has 0 spiro atoms. The van der Waals surface area contributed by atoms with E-state index >= 15 is 0 Å². The van der Waals surface area contributed by atoms with Gasteiger partial charge in [0.25, 0.3) is 0 Å². The van der Waals surface area contributed by atoms with Gasteiger partial charge in [0.05, 0.1) is 0 Å². The molecule has 0 radical (unpaired) electrons. The van der Waals surface area contributed by atoms with Crippen LogP contribution in [0.2, 0.25) is 0 Å². The highest BCUT2D eigenvalue weighted by Gasteiger charge is 2.08. The summed E-state index contributed by atoms with van der Waals surface area (Å²) in [5.41, 5.74) is 2.42. The zero-order valence-corrected chi connectivity index (χ0v) is 11.5. The highest BCUT2D eigenvalue weighted by atomic mass is 79.9. The molecular weight excluding hydrogens is 284 g/mol. The number of unbranched alkanes of at least 4 members (excludes halogenated alkanes) is 4. The van der Waals surface area contributed by atoms with Crippen molar-refractivity contribution in [3.8, 4) is 0 Å². The molecule has 0 unspecified atom stereocenters. The largest absolute Gasteiger partial charge is 0.444 e. The van der Waals surface area contributed by atoms with Crippen molar-refractivity contribution < 1.29 is 9.21 Å². The Morgan fingerprint density at radius 3 is 2.94 bits per heavy atom. The molecule has 0 fully saturated rings. The van der Waals surface area contributed by atoms with Gasteiger partial charge in [0, 0.05) is 6.21 Å². The summed E-state index contributed by atoms with van der Waals surface area (Å²) < 4.78 is 5.62. The van der Waals surface area contributed by atoms with Crippen molar-refractivity contribution in [3.63, 3.8) is 0 Å². The molecule has 0 saturated carbocycles. The van der Waals surface area contributed by atoms with Gasteiger partial charge in [0.2, 0.25) is 0 Å². The van der Waals surface area contributed by atoms with E-state index in [-0.39, 0.29) is 11.7 Å². The Bertz CT molecular complexity index is 374. The third-order valence-corrected chi connectivity index (χ3v) is 2.67. The first-order valence-corrected chi connectivity index (χ1v) is 6.60. The minimum absolute atomic E-state index is 0.250. The van der Waals surface area contributed by atoms with Crippen LogP contribution < -0.4 is 5.43 Å². The summed E-state index contributed by atoms with van der Waals surface area (Å²) in [6.45, 7) is 2.18. The van der Waals surface area contributed by atoms with Crippen LogP contribution in [0.3, 0.4) is 0 Å². The van der Waals surface area contributed by atoms with Crippen LogP contribution >= 0.6 is 15.9 Å². The van der Waals surface area contributed by atoms with Gasteiger partial charge in [-0.15, -0.1) is 0 Å². The lowest BCUT2D eigenvalue weighted by Gasteiger charge is -1.96. The topological polar surface area (TPSA) is 54.6 Å². The van der Waals surface area contributed by atoms with Crippen LogP contribution in [-0.4, -0.2) is 12.1 Å². The van der Waals surface area contributed by atoms with E-state index < -0.39 is 0 Å². The standard InChI is InChI=1S/C12H17BrN2O2/c1-2-3-4-5-6-9-14-15-12(16)10-7-8-11(13)17-10/h7-9H,2-6H2,1H3,(H,15,16). The first kappa shape index (κ1) is 14.0. The smallest absolute Gasteiger partial charge is 0.307 e. The van der Waals surface area contributed by atoms with E-state index in [1.54, 1.807) is 18.3 Å². The molecule has 0 atom stereocenters. The van der Waals surface area contributed by atoms with Gasteiger partial charge in [0.15, 0.2) is 10.4 Å². The minimum Gasteiger partial charge on any atom is -0.444 e. The van der Waals surface area contributed by atoms with Crippen LogP contribution in [0.25, 0.3) is 0 Å². The van der Waals surface area contributed by atoms with Crippen molar-refractivity contribution in [1.29, 1.82) is 0 Å². The Morgan fingerprint density at radius 1 is 1.47 bits per heavy atom. The lowest BCUT2D eigenvalue weighted by Crippen LogP contribution is -2.16. The number of amides is 1. The molecule has 4 nitrogen and oxygen atoms in total. The summed E-state index contributed by atoms with van der Waals surface area (Å²) in [6, 6.07) is 3.26. The van der Waals surface area contributed by atoms with E-state index in [4.69, 9.17) is 4.42 Å².